The normalized spacial score (nSPS) is 21.2. The lowest BCUT2D eigenvalue weighted by molar-refractivity contribution is -0.117. The third kappa shape index (κ3) is 2.34. The summed E-state index contributed by atoms with van der Waals surface area (Å²) in [6.45, 7) is 5.60. The smallest absolute Gasteiger partial charge is 0.224 e. The summed E-state index contributed by atoms with van der Waals surface area (Å²) >= 11 is 0. The first kappa shape index (κ1) is 13.8. The molecule has 0 saturated heterocycles. The minimum absolute atomic E-state index is 0.0461. The summed E-state index contributed by atoms with van der Waals surface area (Å²) in [6.07, 6.45) is 4.54. The minimum atomic E-state index is -0.0461. The number of nitrogens with two attached hydrogens (primary N) is 1. The van der Waals surface area contributed by atoms with Gasteiger partial charge in [0.05, 0.1) is 12.0 Å². The van der Waals surface area contributed by atoms with E-state index in [9.17, 15) is 4.79 Å². The van der Waals surface area contributed by atoms with Gasteiger partial charge >= 0.3 is 0 Å². The van der Waals surface area contributed by atoms with Gasteiger partial charge in [-0.2, -0.15) is 0 Å². The average molecular weight is 284 g/mol. The van der Waals surface area contributed by atoms with E-state index in [4.69, 9.17) is 5.73 Å². The van der Waals surface area contributed by atoms with Crippen LogP contribution in [0.2, 0.25) is 0 Å². The first-order chi connectivity index (χ1) is 9.97. The number of amides is 1. The monoisotopic (exact) mass is 284 g/mol. The van der Waals surface area contributed by atoms with Crippen molar-refractivity contribution in [1.29, 1.82) is 0 Å². The Morgan fingerprint density at radius 1 is 1.43 bits per heavy atom. The van der Waals surface area contributed by atoms with E-state index >= 15 is 0 Å². The number of benzene rings is 1. The number of aromatic nitrogens is 2. The first-order valence-corrected chi connectivity index (χ1v) is 7.17. The second-order valence-corrected chi connectivity index (χ2v) is 5.75. The van der Waals surface area contributed by atoms with Crippen LogP contribution in [0.4, 0.5) is 5.69 Å². The number of hydrogen-bond donors (Lipinski definition) is 1. The topological polar surface area (TPSA) is 64.2 Å². The molecule has 1 aromatic heterocycles. The maximum atomic E-state index is 11.9. The maximum absolute atomic E-state index is 11.9. The summed E-state index contributed by atoms with van der Waals surface area (Å²) in [6, 6.07) is 6.13. The van der Waals surface area contributed by atoms with E-state index in [2.05, 4.69) is 11.1 Å². The van der Waals surface area contributed by atoms with Gasteiger partial charge in [0, 0.05) is 36.6 Å². The van der Waals surface area contributed by atoms with Crippen molar-refractivity contribution in [3.63, 3.8) is 0 Å². The highest BCUT2D eigenvalue weighted by molar-refractivity contribution is 5.93. The van der Waals surface area contributed by atoms with Crippen LogP contribution in [0.3, 0.4) is 0 Å². The molecule has 2 aromatic rings. The second kappa shape index (κ2) is 5.00. The van der Waals surface area contributed by atoms with Crippen molar-refractivity contribution in [2.45, 2.75) is 39.3 Å². The fourth-order valence-electron chi connectivity index (χ4n) is 3.10. The predicted molar refractivity (Wildman–Crippen MR) is 82.5 cm³/mol. The highest BCUT2D eigenvalue weighted by Gasteiger charge is 2.30. The number of fused-ring (bicyclic) bond motifs is 1. The Bertz CT molecular complexity index is 691. The third-order valence-electron chi connectivity index (χ3n) is 4.06. The van der Waals surface area contributed by atoms with Crippen LogP contribution in [0, 0.1) is 6.92 Å². The maximum Gasteiger partial charge on any atom is 0.224 e. The fraction of sp³-hybridized carbons (Fsp3) is 0.375. The van der Waals surface area contributed by atoms with Crippen molar-refractivity contribution >= 4 is 11.6 Å². The predicted octanol–water partition coefficient (Wildman–Crippen LogP) is 2.33. The number of anilines is 1. The van der Waals surface area contributed by atoms with E-state index in [1.54, 1.807) is 13.3 Å². The second-order valence-electron chi connectivity index (χ2n) is 5.75. The number of carbonyl (C=O) groups excluding carboxylic acids is 1. The van der Waals surface area contributed by atoms with Crippen LogP contribution in [-0.2, 0) is 4.79 Å². The molecule has 0 spiro atoms. The number of aryl methyl sites for hydroxylation is 1. The molecule has 0 aliphatic carbocycles. The molecule has 110 valence electrons. The molecule has 0 bridgehead atoms. The zero-order valence-electron chi connectivity index (χ0n) is 12.6. The van der Waals surface area contributed by atoms with E-state index in [0.717, 1.165) is 29.1 Å². The van der Waals surface area contributed by atoms with Gasteiger partial charge in [-0.05, 0) is 44.0 Å². The van der Waals surface area contributed by atoms with Gasteiger partial charge in [0.25, 0.3) is 0 Å². The van der Waals surface area contributed by atoms with Gasteiger partial charge in [-0.15, -0.1) is 0 Å². The molecule has 1 aliphatic rings. The van der Waals surface area contributed by atoms with Crippen LogP contribution in [0.1, 0.15) is 37.6 Å². The van der Waals surface area contributed by atoms with Crippen LogP contribution in [-0.4, -0.2) is 21.5 Å². The first-order valence-electron chi connectivity index (χ1n) is 7.17. The quantitative estimate of drug-likeness (QED) is 0.874. The summed E-state index contributed by atoms with van der Waals surface area (Å²) in [5.41, 5.74) is 10.2. The molecule has 1 amide bonds. The summed E-state index contributed by atoms with van der Waals surface area (Å²) in [7, 11) is 0. The molecule has 1 aliphatic heterocycles. The zero-order valence-corrected chi connectivity index (χ0v) is 12.6. The van der Waals surface area contributed by atoms with Crippen molar-refractivity contribution in [1.82, 2.24) is 9.55 Å². The lowest BCUT2D eigenvalue weighted by Gasteiger charge is -2.37. The van der Waals surface area contributed by atoms with Crippen molar-refractivity contribution < 1.29 is 4.79 Å². The summed E-state index contributed by atoms with van der Waals surface area (Å²) < 4.78 is 1.97. The standard InChI is InChI=1S/C16H20N4O/c1-10-8-19(9-18-10)13-4-5-16-14(7-13)15(17)6-11(2)20(16)12(3)21/h4-5,7-9,11,15H,6,17H2,1-3H3. The Morgan fingerprint density at radius 3 is 2.81 bits per heavy atom. The molecule has 1 aromatic carbocycles. The van der Waals surface area contributed by atoms with Crippen LogP contribution in [0.5, 0.6) is 0 Å². The molecule has 0 radical (unpaired) electrons. The number of hydrogen-bond acceptors (Lipinski definition) is 3. The molecule has 0 fully saturated rings. The van der Waals surface area contributed by atoms with Gasteiger partial charge in [0.1, 0.15) is 0 Å². The molecule has 0 saturated carbocycles. The van der Waals surface area contributed by atoms with E-state index in [1.165, 1.54) is 0 Å². The van der Waals surface area contributed by atoms with Gasteiger partial charge in [0.2, 0.25) is 5.91 Å². The van der Waals surface area contributed by atoms with Gasteiger partial charge in [-0.3, -0.25) is 4.79 Å². The molecule has 2 atom stereocenters. The van der Waals surface area contributed by atoms with Crippen LogP contribution in [0.25, 0.3) is 5.69 Å². The van der Waals surface area contributed by atoms with E-state index in [1.807, 2.05) is 41.6 Å². The zero-order chi connectivity index (χ0) is 15.1. The molecule has 2 unspecified atom stereocenters. The molecule has 2 N–H and O–H groups in total. The highest BCUT2D eigenvalue weighted by atomic mass is 16.2. The van der Waals surface area contributed by atoms with Gasteiger partial charge < -0.3 is 15.2 Å². The van der Waals surface area contributed by atoms with Crippen LogP contribution in [0.15, 0.2) is 30.7 Å². The van der Waals surface area contributed by atoms with E-state index in [-0.39, 0.29) is 18.0 Å². The van der Waals surface area contributed by atoms with Gasteiger partial charge in [-0.1, -0.05) is 0 Å². The number of nitrogens with zero attached hydrogens (tertiary/aromatic N) is 3. The Hall–Kier alpha value is -2.14. The Morgan fingerprint density at radius 2 is 2.19 bits per heavy atom. The van der Waals surface area contributed by atoms with Crippen molar-refractivity contribution in [3.05, 3.63) is 42.0 Å². The molecular weight excluding hydrogens is 264 g/mol. The largest absolute Gasteiger partial charge is 0.324 e. The Balaban J connectivity index is 2.09. The number of imidazole rings is 1. The molecule has 21 heavy (non-hydrogen) atoms. The van der Waals surface area contributed by atoms with Gasteiger partial charge in [-0.25, -0.2) is 4.98 Å². The van der Waals surface area contributed by atoms with Crippen LogP contribution >= 0.6 is 0 Å². The Kier molecular flexibility index (Phi) is 3.29. The van der Waals surface area contributed by atoms with E-state index in [0.29, 0.717) is 0 Å². The molecule has 5 nitrogen and oxygen atoms in total. The highest BCUT2D eigenvalue weighted by Crippen LogP contribution is 2.37. The van der Waals surface area contributed by atoms with Crippen molar-refractivity contribution in [3.8, 4) is 5.69 Å². The number of rotatable bonds is 1. The third-order valence-corrected chi connectivity index (χ3v) is 4.06. The number of carbonyl (C=O) groups is 1. The van der Waals surface area contributed by atoms with Crippen molar-refractivity contribution in [2.24, 2.45) is 5.73 Å². The Labute approximate surface area is 124 Å². The summed E-state index contributed by atoms with van der Waals surface area (Å²) in [5.74, 6) is 0.0573. The van der Waals surface area contributed by atoms with Crippen molar-refractivity contribution in [2.75, 3.05) is 4.90 Å². The molecule has 2 heterocycles. The molecular formula is C16H20N4O. The van der Waals surface area contributed by atoms with Gasteiger partial charge in [0.15, 0.2) is 0 Å². The van der Waals surface area contributed by atoms with Crippen LogP contribution < -0.4 is 10.6 Å². The lowest BCUT2D eigenvalue weighted by Crippen LogP contribution is -2.43. The minimum Gasteiger partial charge on any atom is -0.324 e. The summed E-state index contributed by atoms with van der Waals surface area (Å²) in [4.78, 5) is 18.0. The summed E-state index contributed by atoms with van der Waals surface area (Å²) in [5, 5.41) is 0. The lowest BCUT2D eigenvalue weighted by atomic mass is 9.92. The molecule has 5 heteroatoms. The van der Waals surface area contributed by atoms with E-state index < -0.39 is 0 Å². The fourth-order valence-corrected chi connectivity index (χ4v) is 3.10. The SMILES string of the molecule is CC(=O)N1c2ccc(-n3cnc(C)c3)cc2C(N)CC1C. The molecule has 3 rings (SSSR count). The average Bonchev–Trinajstić information content (AvgIpc) is 2.84.